The Balaban J connectivity index is 2.38. The van der Waals surface area contributed by atoms with Crippen molar-refractivity contribution in [2.75, 3.05) is 19.7 Å². The lowest BCUT2D eigenvalue weighted by atomic mass is 9.95. The molecule has 0 bridgehead atoms. The fourth-order valence-electron chi connectivity index (χ4n) is 2.35. The summed E-state index contributed by atoms with van der Waals surface area (Å²) in [4.78, 5) is 25.5. The van der Waals surface area contributed by atoms with Crippen LogP contribution in [0.15, 0.2) is 0 Å². The summed E-state index contributed by atoms with van der Waals surface area (Å²) in [5, 5.41) is 0. The number of piperidine rings is 1. The van der Waals surface area contributed by atoms with Crippen molar-refractivity contribution >= 4 is 12.1 Å². The predicted octanol–water partition coefficient (Wildman–Crippen LogP) is 3.37. The molecule has 0 spiro atoms. The second-order valence-corrected chi connectivity index (χ2v) is 6.71. The van der Waals surface area contributed by atoms with Gasteiger partial charge in [-0.25, -0.2) is 4.79 Å². The molecule has 21 heavy (non-hydrogen) atoms. The Bertz CT molecular complexity index is 349. The summed E-state index contributed by atoms with van der Waals surface area (Å²) < 4.78 is 10.6. The summed E-state index contributed by atoms with van der Waals surface area (Å²) >= 11 is 0. The van der Waals surface area contributed by atoms with E-state index in [1.54, 1.807) is 4.90 Å². The number of esters is 1. The van der Waals surface area contributed by atoms with Gasteiger partial charge in [-0.1, -0.05) is 13.3 Å². The molecule has 0 N–H and O–H groups in total. The van der Waals surface area contributed by atoms with Gasteiger partial charge in [-0.3, -0.25) is 4.79 Å². The Morgan fingerprint density at radius 1 is 1.29 bits per heavy atom. The van der Waals surface area contributed by atoms with Gasteiger partial charge in [0.1, 0.15) is 5.60 Å². The average molecular weight is 299 g/mol. The number of amides is 1. The lowest BCUT2D eigenvalue weighted by molar-refractivity contribution is -0.145. The Kier molecular flexibility index (Phi) is 6.99. The van der Waals surface area contributed by atoms with Gasteiger partial charge in [0.25, 0.3) is 0 Å². The first kappa shape index (κ1) is 17.8. The van der Waals surface area contributed by atoms with E-state index >= 15 is 0 Å². The maximum Gasteiger partial charge on any atom is 0.410 e. The molecule has 1 atom stereocenters. The molecule has 0 unspecified atom stereocenters. The van der Waals surface area contributed by atoms with E-state index in [0.29, 0.717) is 26.1 Å². The van der Waals surface area contributed by atoms with Crippen LogP contribution in [0, 0.1) is 5.92 Å². The number of unbranched alkanes of at least 4 members (excludes halogenated alkanes) is 1. The minimum atomic E-state index is -0.483. The minimum absolute atomic E-state index is 0.153. The molecule has 0 aromatic heterocycles. The molecule has 1 fully saturated rings. The zero-order chi connectivity index (χ0) is 15.9. The molecular weight excluding hydrogens is 270 g/mol. The smallest absolute Gasteiger partial charge is 0.410 e. The number of ether oxygens (including phenoxy) is 2. The molecule has 0 aromatic carbocycles. The minimum Gasteiger partial charge on any atom is -0.466 e. The van der Waals surface area contributed by atoms with Crippen LogP contribution in [-0.4, -0.2) is 42.3 Å². The highest BCUT2D eigenvalue weighted by atomic mass is 16.6. The van der Waals surface area contributed by atoms with Crippen LogP contribution in [0.5, 0.6) is 0 Å². The molecule has 1 heterocycles. The van der Waals surface area contributed by atoms with Gasteiger partial charge in [0.05, 0.1) is 13.0 Å². The number of hydrogen-bond acceptors (Lipinski definition) is 4. The third-order valence-electron chi connectivity index (χ3n) is 3.39. The molecule has 0 radical (unpaired) electrons. The number of hydrogen-bond donors (Lipinski definition) is 0. The van der Waals surface area contributed by atoms with Crippen molar-refractivity contribution in [2.24, 2.45) is 5.92 Å². The standard InChI is InChI=1S/C16H29NO4/c1-5-6-10-20-14(18)11-13-8-7-9-17(12-13)15(19)21-16(2,3)4/h13H,5-12H2,1-4H3/t13-/m0/s1. The first-order valence-electron chi connectivity index (χ1n) is 7.95. The highest BCUT2D eigenvalue weighted by Crippen LogP contribution is 2.22. The van der Waals surface area contributed by atoms with Crippen LogP contribution in [0.3, 0.4) is 0 Å². The predicted molar refractivity (Wildman–Crippen MR) is 81.0 cm³/mol. The van der Waals surface area contributed by atoms with Crippen molar-refractivity contribution in [3.63, 3.8) is 0 Å². The summed E-state index contributed by atoms with van der Waals surface area (Å²) in [7, 11) is 0. The van der Waals surface area contributed by atoms with Crippen LogP contribution >= 0.6 is 0 Å². The van der Waals surface area contributed by atoms with Crippen molar-refractivity contribution in [3.05, 3.63) is 0 Å². The molecule has 0 aromatic rings. The number of carbonyl (C=O) groups is 2. The highest BCUT2D eigenvalue weighted by molar-refractivity contribution is 5.70. The van der Waals surface area contributed by atoms with Crippen molar-refractivity contribution in [3.8, 4) is 0 Å². The van der Waals surface area contributed by atoms with Gasteiger partial charge in [-0.2, -0.15) is 0 Å². The van der Waals surface area contributed by atoms with Gasteiger partial charge < -0.3 is 14.4 Å². The van der Waals surface area contributed by atoms with Crippen LogP contribution in [0.2, 0.25) is 0 Å². The molecule has 0 saturated carbocycles. The Hall–Kier alpha value is -1.26. The average Bonchev–Trinajstić information content (AvgIpc) is 2.37. The van der Waals surface area contributed by atoms with Gasteiger partial charge in [0.2, 0.25) is 0 Å². The summed E-state index contributed by atoms with van der Waals surface area (Å²) in [6.07, 6.45) is 3.90. The number of nitrogens with zero attached hydrogens (tertiary/aromatic N) is 1. The van der Waals surface area contributed by atoms with E-state index < -0.39 is 5.60 Å². The molecule has 1 rings (SSSR count). The van der Waals surface area contributed by atoms with E-state index in [0.717, 1.165) is 25.7 Å². The molecular formula is C16H29NO4. The maximum absolute atomic E-state index is 12.0. The molecule has 5 nitrogen and oxygen atoms in total. The number of carbonyl (C=O) groups excluding carboxylic acids is 2. The highest BCUT2D eigenvalue weighted by Gasteiger charge is 2.28. The van der Waals surface area contributed by atoms with Gasteiger partial charge >= 0.3 is 12.1 Å². The zero-order valence-electron chi connectivity index (χ0n) is 13.8. The van der Waals surface area contributed by atoms with Crippen LogP contribution in [-0.2, 0) is 14.3 Å². The summed E-state index contributed by atoms with van der Waals surface area (Å²) in [6.45, 7) is 9.42. The SMILES string of the molecule is CCCCOC(=O)C[C@@H]1CCCN(C(=O)OC(C)(C)C)C1. The third-order valence-corrected chi connectivity index (χ3v) is 3.39. The fraction of sp³-hybridized carbons (Fsp3) is 0.875. The molecule has 0 aliphatic carbocycles. The quantitative estimate of drug-likeness (QED) is 0.577. The Morgan fingerprint density at radius 3 is 2.62 bits per heavy atom. The lowest BCUT2D eigenvalue weighted by Gasteiger charge is -2.33. The van der Waals surface area contributed by atoms with Crippen LogP contribution in [0.1, 0.15) is 59.8 Å². The topological polar surface area (TPSA) is 55.8 Å². The number of likely N-dealkylation sites (tertiary alicyclic amines) is 1. The Morgan fingerprint density at radius 2 is 2.00 bits per heavy atom. The van der Waals surface area contributed by atoms with Gasteiger partial charge in [-0.05, 0) is 46.0 Å². The lowest BCUT2D eigenvalue weighted by Crippen LogP contribution is -2.43. The summed E-state index contributed by atoms with van der Waals surface area (Å²) in [6, 6.07) is 0. The number of rotatable bonds is 5. The molecule has 1 aliphatic rings. The summed E-state index contributed by atoms with van der Waals surface area (Å²) in [5.74, 6) is 0.0277. The van der Waals surface area contributed by atoms with Crippen LogP contribution < -0.4 is 0 Å². The van der Waals surface area contributed by atoms with Crippen LogP contribution in [0.25, 0.3) is 0 Å². The molecule has 122 valence electrons. The molecule has 1 saturated heterocycles. The first-order chi connectivity index (χ1) is 9.81. The summed E-state index contributed by atoms with van der Waals surface area (Å²) in [5.41, 5.74) is -0.483. The van der Waals surface area contributed by atoms with Crippen LogP contribution in [0.4, 0.5) is 4.79 Å². The Labute approximate surface area is 128 Å². The van der Waals surface area contributed by atoms with E-state index in [-0.39, 0.29) is 18.0 Å². The van der Waals surface area contributed by atoms with E-state index in [2.05, 4.69) is 6.92 Å². The second kappa shape index (κ2) is 8.25. The molecule has 1 aliphatic heterocycles. The zero-order valence-corrected chi connectivity index (χ0v) is 13.8. The van der Waals surface area contributed by atoms with Crippen molar-refractivity contribution in [1.29, 1.82) is 0 Å². The largest absolute Gasteiger partial charge is 0.466 e. The van der Waals surface area contributed by atoms with E-state index in [1.165, 1.54) is 0 Å². The van der Waals surface area contributed by atoms with E-state index in [9.17, 15) is 9.59 Å². The monoisotopic (exact) mass is 299 g/mol. The molecule has 5 heteroatoms. The van der Waals surface area contributed by atoms with Gasteiger partial charge in [0.15, 0.2) is 0 Å². The maximum atomic E-state index is 12.0. The van der Waals surface area contributed by atoms with Crippen molar-refractivity contribution in [2.45, 2.75) is 65.4 Å². The van der Waals surface area contributed by atoms with Crippen molar-refractivity contribution < 1.29 is 19.1 Å². The third kappa shape index (κ3) is 7.34. The molecule has 1 amide bonds. The van der Waals surface area contributed by atoms with E-state index in [4.69, 9.17) is 9.47 Å². The normalized spacial score (nSPS) is 19.2. The second-order valence-electron chi connectivity index (χ2n) is 6.71. The van der Waals surface area contributed by atoms with E-state index in [1.807, 2.05) is 20.8 Å². The first-order valence-corrected chi connectivity index (χ1v) is 7.95. The van der Waals surface area contributed by atoms with Crippen molar-refractivity contribution in [1.82, 2.24) is 4.90 Å². The fourth-order valence-corrected chi connectivity index (χ4v) is 2.35. The van der Waals surface area contributed by atoms with Gasteiger partial charge in [0, 0.05) is 13.1 Å². The van der Waals surface area contributed by atoms with Gasteiger partial charge in [-0.15, -0.1) is 0 Å².